The van der Waals surface area contributed by atoms with Gasteiger partial charge in [0.15, 0.2) is 5.75 Å². The molecule has 0 aromatic heterocycles. The van der Waals surface area contributed by atoms with Gasteiger partial charge >= 0.3 is 17.7 Å². The number of urea groups is 1. The Hall–Kier alpha value is -2.84. The lowest BCUT2D eigenvalue weighted by Gasteiger charge is -2.13. The third kappa shape index (κ3) is 4.97. The van der Waals surface area contributed by atoms with E-state index in [-0.39, 0.29) is 23.5 Å². The monoisotopic (exact) mass is 297 g/mol. The van der Waals surface area contributed by atoms with Gasteiger partial charge in [0.2, 0.25) is 0 Å². The van der Waals surface area contributed by atoms with Crippen LogP contribution in [-0.4, -0.2) is 35.2 Å². The fraction of sp³-hybridized carbons (Fsp3) is 0.333. The van der Waals surface area contributed by atoms with Crippen LogP contribution in [0.3, 0.4) is 0 Å². The van der Waals surface area contributed by atoms with Crippen molar-refractivity contribution in [3.63, 3.8) is 0 Å². The molecule has 9 heteroatoms. The fourth-order valence-electron chi connectivity index (χ4n) is 1.61. The van der Waals surface area contributed by atoms with E-state index in [0.29, 0.717) is 0 Å². The number of nitrogens with zero attached hydrogens (tertiary/aromatic N) is 1. The molecular formula is C12H15N3O6. The molecule has 0 spiro atoms. The van der Waals surface area contributed by atoms with Crippen LogP contribution < -0.4 is 15.4 Å². The SMILES string of the molecule is COc1ccc(NC(=O)NC(C)CC(=O)O)cc1[N+](=O)[O-]. The van der Waals surface area contributed by atoms with Crippen molar-refractivity contribution in [1.29, 1.82) is 0 Å². The number of anilines is 1. The highest BCUT2D eigenvalue weighted by atomic mass is 16.6. The van der Waals surface area contributed by atoms with Gasteiger partial charge in [0.05, 0.1) is 18.5 Å². The smallest absolute Gasteiger partial charge is 0.319 e. The van der Waals surface area contributed by atoms with Crippen LogP contribution in [0.15, 0.2) is 18.2 Å². The molecule has 3 N–H and O–H groups in total. The van der Waals surface area contributed by atoms with E-state index in [1.165, 1.54) is 26.2 Å². The van der Waals surface area contributed by atoms with Gasteiger partial charge in [0.1, 0.15) is 0 Å². The maximum absolute atomic E-state index is 11.6. The maximum atomic E-state index is 11.6. The zero-order valence-corrected chi connectivity index (χ0v) is 11.5. The van der Waals surface area contributed by atoms with E-state index in [1.807, 2.05) is 0 Å². The number of carbonyl (C=O) groups excluding carboxylic acids is 1. The van der Waals surface area contributed by atoms with Crippen molar-refractivity contribution in [2.45, 2.75) is 19.4 Å². The largest absolute Gasteiger partial charge is 0.490 e. The number of amides is 2. The predicted molar refractivity (Wildman–Crippen MR) is 73.5 cm³/mol. The summed E-state index contributed by atoms with van der Waals surface area (Å²) in [6.07, 6.45) is -0.226. The summed E-state index contributed by atoms with van der Waals surface area (Å²) < 4.78 is 4.84. The molecule has 9 nitrogen and oxygen atoms in total. The Labute approximate surface area is 120 Å². The molecule has 1 unspecified atom stereocenters. The molecule has 0 fully saturated rings. The summed E-state index contributed by atoms with van der Waals surface area (Å²) in [7, 11) is 1.30. The maximum Gasteiger partial charge on any atom is 0.319 e. The topological polar surface area (TPSA) is 131 Å². The second kappa shape index (κ2) is 7.08. The highest BCUT2D eigenvalue weighted by Gasteiger charge is 2.17. The summed E-state index contributed by atoms with van der Waals surface area (Å²) in [5.41, 5.74) is -0.0867. The minimum Gasteiger partial charge on any atom is -0.490 e. The van der Waals surface area contributed by atoms with Crippen LogP contribution in [0.5, 0.6) is 5.75 Å². The second-order valence-electron chi connectivity index (χ2n) is 4.24. The second-order valence-corrected chi connectivity index (χ2v) is 4.24. The summed E-state index contributed by atoms with van der Waals surface area (Å²) >= 11 is 0. The number of benzene rings is 1. The summed E-state index contributed by atoms with van der Waals surface area (Å²) in [4.78, 5) is 32.3. The van der Waals surface area contributed by atoms with Gasteiger partial charge in [0.25, 0.3) is 0 Å². The molecule has 0 radical (unpaired) electrons. The van der Waals surface area contributed by atoms with Crippen molar-refractivity contribution in [2.75, 3.05) is 12.4 Å². The van der Waals surface area contributed by atoms with Crippen molar-refractivity contribution in [1.82, 2.24) is 5.32 Å². The molecule has 0 aliphatic rings. The number of aliphatic carboxylic acids is 1. The van der Waals surface area contributed by atoms with E-state index in [0.717, 1.165) is 6.07 Å². The highest BCUT2D eigenvalue weighted by molar-refractivity contribution is 5.90. The van der Waals surface area contributed by atoms with Crippen LogP contribution in [0, 0.1) is 10.1 Å². The highest BCUT2D eigenvalue weighted by Crippen LogP contribution is 2.29. The summed E-state index contributed by atoms with van der Waals surface area (Å²) in [6, 6.07) is 2.72. The van der Waals surface area contributed by atoms with Gasteiger partial charge in [-0.15, -0.1) is 0 Å². The van der Waals surface area contributed by atoms with E-state index in [4.69, 9.17) is 9.84 Å². The molecule has 0 saturated carbocycles. The van der Waals surface area contributed by atoms with E-state index < -0.39 is 23.0 Å². The van der Waals surface area contributed by atoms with Gasteiger partial charge in [-0.2, -0.15) is 0 Å². The lowest BCUT2D eigenvalue weighted by atomic mass is 10.2. The number of nitro benzene ring substituents is 1. The third-order valence-electron chi connectivity index (χ3n) is 2.49. The molecule has 0 aliphatic heterocycles. The minimum absolute atomic E-state index is 0.0743. The summed E-state index contributed by atoms with van der Waals surface area (Å²) in [5.74, 6) is -0.965. The number of carboxylic acids is 1. The molecule has 1 aromatic rings. The Morgan fingerprint density at radius 2 is 2.14 bits per heavy atom. The van der Waals surface area contributed by atoms with Crippen LogP contribution in [0.2, 0.25) is 0 Å². The molecule has 114 valence electrons. The molecule has 1 rings (SSSR count). The number of nitro groups is 1. The Morgan fingerprint density at radius 1 is 1.48 bits per heavy atom. The van der Waals surface area contributed by atoms with E-state index in [9.17, 15) is 19.7 Å². The first-order valence-electron chi connectivity index (χ1n) is 5.95. The van der Waals surface area contributed by atoms with Crippen LogP contribution >= 0.6 is 0 Å². The zero-order valence-electron chi connectivity index (χ0n) is 11.5. The quantitative estimate of drug-likeness (QED) is 0.539. The van der Waals surface area contributed by atoms with Gasteiger partial charge in [-0.05, 0) is 19.1 Å². The first-order valence-corrected chi connectivity index (χ1v) is 5.95. The van der Waals surface area contributed by atoms with Gasteiger partial charge < -0.3 is 20.5 Å². The van der Waals surface area contributed by atoms with Gasteiger partial charge in [-0.3, -0.25) is 14.9 Å². The molecular weight excluding hydrogens is 282 g/mol. The number of carboxylic acid groups (broad SMARTS) is 1. The number of hydrogen-bond acceptors (Lipinski definition) is 5. The predicted octanol–water partition coefficient (Wildman–Crippen LogP) is 1.59. The van der Waals surface area contributed by atoms with Crippen LogP contribution in [0.25, 0.3) is 0 Å². The summed E-state index contributed by atoms with van der Waals surface area (Å²) in [6.45, 7) is 1.53. The Bertz CT molecular complexity index is 560. The average Bonchev–Trinajstić information content (AvgIpc) is 2.37. The molecule has 1 aromatic carbocycles. The lowest BCUT2D eigenvalue weighted by Crippen LogP contribution is -2.37. The molecule has 0 saturated heterocycles. The van der Waals surface area contributed by atoms with Crippen LogP contribution in [0.4, 0.5) is 16.2 Å². The van der Waals surface area contributed by atoms with Crippen molar-refractivity contribution in [3.8, 4) is 5.75 Å². The first kappa shape index (κ1) is 16.2. The van der Waals surface area contributed by atoms with Crippen molar-refractivity contribution >= 4 is 23.4 Å². The fourth-order valence-corrected chi connectivity index (χ4v) is 1.61. The van der Waals surface area contributed by atoms with E-state index in [2.05, 4.69) is 10.6 Å². The number of carbonyl (C=O) groups is 2. The molecule has 0 heterocycles. The third-order valence-corrected chi connectivity index (χ3v) is 2.49. The molecule has 0 bridgehead atoms. The van der Waals surface area contributed by atoms with Crippen LogP contribution in [-0.2, 0) is 4.79 Å². The Morgan fingerprint density at radius 3 is 2.67 bits per heavy atom. The molecule has 1 atom stereocenters. The standard InChI is InChI=1S/C12H15N3O6/c1-7(5-11(16)17)13-12(18)14-8-3-4-10(21-2)9(6-8)15(19)20/h3-4,6-7H,5H2,1-2H3,(H,16,17)(H2,13,14,18). The molecule has 0 aliphatic carbocycles. The number of hydrogen-bond donors (Lipinski definition) is 3. The van der Waals surface area contributed by atoms with Crippen molar-refractivity contribution in [3.05, 3.63) is 28.3 Å². The van der Waals surface area contributed by atoms with E-state index >= 15 is 0 Å². The van der Waals surface area contributed by atoms with E-state index in [1.54, 1.807) is 0 Å². The molecule has 21 heavy (non-hydrogen) atoms. The Kier molecular flexibility index (Phi) is 5.47. The van der Waals surface area contributed by atoms with Gasteiger partial charge in [-0.1, -0.05) is 0 Å². The Balaban J connectivity index is 2.74. The number of nitrogens with one attached hydrogen (secondary N) is 2. The summed E-state index contributed by atoms with van der Waals surface area (Å²) in [5, 5.41) is 24.2. The number of ether oxygens (including phenoxy) is 1. The lowest BCUT2D eigenvalue weighted by molar-refractivity contribution is -0.385. The van der Waals surface area contributed by atoms with Gasteiger partial charge in [-0.25, -0.2) is 4.79 Å². The van der Waals surface area contributed by atoms with Crippen molar-refractivity contribution < 1.29 is 24.4 Å². The van der Waals surface area contributed by atoms with Gasteiger partial charge in [0, 0.05) is 17.8 Å². The number of methoxy groups -OCH3 is 1. The average molecular weight is 297 g/mol. The number of rotatable bonds is 6. The van der Waals surface area contributed by atoms with Crippen molar-refractivity contribution in [2.24, 2.45) is 0 Å². The zero-order chi connectivity index (χ0) is 16.0. The normalized spacial score (nSPS) is 11.3. The molecule has 2 amide bonds. The minimum atomic E-state index is -1.04. The first-order chi connectivity index (χ1) is 9.83. The van der Waals surface area contributed by atoms with Crippen LogP contribution in [0.1, 0.15) is 13.3 Å².